The highest BCUT2D eigenvalue weighted by Gasteiger charge is 2.37. The van der Waals surface area contributed by atoms with Crippen molar-refractivity contribution >= 4 is 22.6 Å². The Morgan fingerprint density at radius 3 is 2.31 bits per heavy atom. The fraction of sp³-hybridized carbons (Fsp3) is 0.375. The summed E-state index contributed by atoms with van der Waals surface area (Å²) in [5.74, 6) is -0.266. The molecule has 0 atom stereocenters. The SMILES string of the molecule is COc1cc(C(F)F)nc(C(F)(F)F)c1I. The van der Waals surface area contributed by atoms with Gasteiger partial charge in [0.15, 0.2) is 5.69 Å². The zero-order valence-electron chi connectivity index (χ0n) is 7.78. The Morgan fingerprint density at radius 1 is 1.38 bits per heavy atom. The molecule has 0 radical (unpaired) electrons. The van der Waals surface area contributed by atoms with Crippen molar-refractivity contribution in [3.05, 3.63) is 21.0 Å². The second-order valence-electron chi connectivity index (χ2n) is 2.71. The van der Waals surface area contributed by atoms with Gasteiger partial charge in [-0.1, -0.05) is 0 Å². The highest BCUT2D eigenvalue weighted by Crippen LogP contribution is 2.37. The Balaban J connectivity index is 3.42. The standard InChI is InChI=1S/C8H5F5INO/c1-16-4-2-3(7(9)10)15-6(5(4)14)8(11,12)13/h2,7H,1H3. The maximum atomic E-state index is 12.4. The van der Waals surface area contributed by atoms with Crippen molar-refractivity contribution in [2.45, 2.75) is 12.6 Å². The second kappa shape index (κ2) is 4.68. The van der Waals surface area contributed by atoms with Crippen molar-refractivity contribution in [2.24, 2.45) is 0 Å². The Hall–Kier alpha value is -0.670. The van der Waals surface area contributed by atoms with Gasteiger partial charge in [-0.2, -0.15) is 13.2 Å². The van der Waals surface area contributed by atoms with Crippen molar-refractivity contribution in [1.29, 1.82) is 0 Å². The van der Waals surface area contributed by atoms with Crippen LogP contribution in [0.25, 0.3) is 0 Å². The summed E-state index contributed by atoms with van der Waals surface area (Å²) in [5.41, 5.74) is -2.31. The molecule has 2 nitrogen and oxygen atoms in total. The van der Waals surface area contributed by atoms with Crippen molar-refractivity contribution in [1.82, 2.24) is 4.98 Å². The average Bonchev–Trinajstić information content (AvgIpc) is 2.15. The lowest BCUT2D eigenvalue weighted by Gasteiger charge is -2.13. The van der Waals surface area contributed by atoms with Crippen LogP contribution in [0.2, 0.25) is 0 Å². The van der Waals surface area contributed by atoms with Crippen molar-refractivity contribution in [2.75, 3.05) is 7.11 Å². The monoisotopic (exact) mass is 353 g/mol. The zero-order chi connectivity index (χ0) is 12.5. The molecule has 0 saturated carbocycles. The van der Waals surface area contributed by atoms with Crippen LogP contribution in [0, 0.1) is 3.57 Å². The fourth-order valence-electron chi connectivity index (χ4n) is 0.973. The fourth-order valence-corrected chi connectivity index (χ4v) is 1.78. The minimum Gasteiger partial charge on any atom is -0.496 e. The summed E-state index contributed by atoms with van der Waals surface area (Å²) >= 11 is 1.35. The number of alkyl halides is 5. The third-order valence-corrected chi connectivity index (χ3v) is 2.70. The van der Waals surface area contributed by atoms with Gasteiger partial charge < -0.3 is 4.74 Å². The number of ether oxygens (including phenoxy) is 1. The van der Waals surface area contributed by atoms with E-state index >= 15 is 0 Å². The number of hydrogen-bond donors (Lipinski definition) is 0. The van der Waals surface area contributed by atoms with Crippen molar-refractivity contribution < 1.29 is 26.7 Å². The Bertz CT molecular complexity index is 393. The summed E-state index contributed by atoms with van der Waals surface area (Å²) in [6.45, 7) is 0. The molecular formula is C8H5F5INO. The van der Waals surface area contributed by atoms with Gasteiger partial charge in [0.1, 0.15) is 11.4 Å². The normalized spacial score (nSPS) is 12.0. The summed E-state index contributed by atoms with van der Waals surface area (Å²) < 4.78 is 66.2. The lowest BCUT2D eigenvalue weighted by atomic mass is 10.2. The summed E-state index contributed by atoms with van der Waals surface area (Å²) in [6, 6.07) is 0.793. The molecule has 1 aromatic heterocycles. The molecule has 0 amide bonds. The van der Waals surface area contributed by atoms with Gasteiger partial charge in [-0.3, -0.25) is 0 Å². The molecule has 16 heavy (non-hydrogen) atoms. The number of aromatic nitrogens is 1. The molecule has 8 heteroatoms. The molecule has 0 N–H and O–H groups in total. The predicted molar refractivity (Wildman–Crippen MR) is 53.5 cm³/mol. The van der Waals surface area contributed by atoms with E-state index in [1.807, 2.05) is 0 Å². The Morgan fingerprint density at radius 2 is 1.94 bits per heavy atom. The number of halogens is 6. The van der Waals surface area contributed by atoms with Gasteiger partial charge in [0.2, 0.25) is 0 Å². The van der Waals surface area contributed by atoms with Crippen molar-refractivity contribution in [3.63, 3.8) is 0 Å². The highest BCUT2D eigenvalue weighted by atomic mass is 127. The molecular weight excluding hydrogens is 348 g/mol. The first-order valence-corrected chi connectivity index (χ1v) is 4.95. The highest BCUT2D eigenvalue weighted by molar-refractivity contribution is 14.1. The molecule has 0 unspecified atom stereocenters. The first-order chi connectivity index (χ1) is 7.27. The van der Waals surface area contributed by atoms with E-state index in [1.54, 1.807) is 0 Å². The van der Waals surface area contributed by atoms with Crippen LogP contribution >= 0.6 is 22.6 Å². The van der Waals surface area contributed by atoms with Crippen LogP contribution < -0.4 is 4.74 Å². The van der Waals surface area contributed by atoms with Crippen LogP contribution in [-0.2, 0) is 6.18 Å². The second-order valence-corrected chi connectivity index (χ2v) is 3.79. The first-order valence-electron chi connectivity index (χ1n) is 3.87. The maximum absolute atomic E-state index is 12.4. The summed E-state index contributed by atoms with van der Waals surface area (Å²) in [5, 5.41) is 0. The van der Waals surface area contributed by atoms with Gasteiger partial charge in [0.05, 0.1) is 10.7 Å². The van der Waals surface area contributed by atoms with E-state index in [0.29, 0.717) is 0 Å². The Kier molecular flexibility index (Phi) is 3.92. The predicted octanol–water partition coefficient (Wildman–Crippen LogP) is 3.65. The third-order valence-electron chi connectivity index (χ3n) is 1.66. The molecule has 90 valence electrons. The number of hydrogen-bond acceptors (Lipinski definition) is 2. The number of rotatable bonds is 2. The molecule has 0 spiro atoms. The van der Waals surface area contributed by atoms with Crippen LogP contribution in [0.5, 0.6) is 5.75 Å². The summed E-state index contributed by atoms with van der Waals surface area (Å²) in [4.78, 5) is 2.89. The molecule has 0 aliphatic heterocycles. The molecule has 0 fully saturated rings. The van der Waals surface area contributed by atoms with E-state index in [1.165, 1.54) is 22.6 Å². The summed E-state index contributed by atoms with van der Waals surface area (Å²) in [7, 11) is 1.10. The quantitative estimate of drug-likeness (QED) is 0.598. The summed E-state index contributed by atoms with van der Waals surface area (Å²) in [6.07, 6.45) is -7.86. The Labute approximate surface area is 101 Å². The smallest absolute Gasteiger partial charge is 0.434 e. The number of nitrogens with zero attached hydrogens (tertiary/aromatic N) is 1. The number of methoxy groups -OCH3 is 1. The molecule has 1 heterocycles. The minimum atomic E-state index is -4.78. The topological polar surface area (TPSA) is 22.1 Å². The molecule has 1 aromatic rings. The molecule has 1 rings (SSSR count). The van der Waals surface area contributed by atoms with Gasteiger partial charge in [0, 0.05) is 6.07 Å². The maximum Gasteiger partial charge on any atom is 0.434 e. The van der Waals surface area contributed by atoms with Gasteiger partial charge in [-0.15, -0.1) is 0 Å². The largest absolute Gasteiger partial charge is 0.496 e. The third kappa shape index (κ3) is 2.71. The van der Waals surface area contributed by atoms with E-state index in [4.69, 9.17) is 0 Å². The van der Waals surface area contributed by atoms with E-state index in [0.717, 1.165) is 13.2 Å². The van der Waals surface area contributed by atoms with Crippen LogP contribution in [0.15, 0.2) is 6.07 Å². The first kappa shape index (κ1) is 13.4. The van der Waals surface area contributed by atoms with Crippen molar-refractivity contribution in [3.8, 4) is 5.75 Å². The zero-order valence-corrected chi connectivity index (χ0v) is 9.94. The molecule has 0 saturated heterocycles. The van der Waals surface area contributed by atoms with Gasteiger partial charge in [0.25, 0.3) is 6.43 Å². The van der Waals surface area contributed by atoms with Crippen LogP contribution in [-0.4, -0.2) is 12.1 Å². The lowest BCUT2D eigenvalue weighted by molar-refractivity contribution is -0.142. The van der Waals surface area contributed by atoms with E-state index in [2.05, 4.69) is 9.72 Å². The van der Waals surface area contributed by atoms with Gasteiger partial charge >= 0.3 is 6.18 Å². The lowest BCUT2D eigenvalue weighted by Crippen LogP contribution is -2.13. The minimum absolute atomic E-state index is 0.266. The van der Waals surface area contributed by atoms with Gasteiger partial charge in [-0.25, -0.2) is 13.8 Å². The van der Waals surface area contributed by atoms with E-state index in [-0.39, 0.29) is 9.32 Å². The van der Waals surface area contributed by atoms with Gasteiger partial charge in [-0.05, 0) is 22.6 Å². The van der Waals surface area contributed by atoms with Crippen LogP contribution in [0.3, 0.4) is 0 Å². The van der Waals surface area contributed by atoms with Crippen LogP contribution in [0.1, 0.15) is 17.8 Å². The van der Waals surface area contributed by atoms with E-state index in [9.17, 15) is 22.0 Å². The molecule has 0 aromatic carbocycles. The molecule has 0 aliphatic carbocycles. The molecule has 0 aliphatic rings. The van der Waals surface area contributed by atoms with E-state index < -0.39 is 24.0 Å². The average molecular weight is 353 g/mol. The number of pyridine rings is 1. The molecule has 0 bridgehead atoms. The van der Waals surface area contributed by atoms with Crippen LogP contribution in [0.4, 0.5) is 22.0 Å².